The number of halogens is 2. The van der Waals surface area contributed by atoms with E-state index in [2.05, 4.69) is 0 Å². The van der Waals surface area contributed by atoms with E-state index in [1.54, 1.807) is 6.92 Å². The van der Waals surface area contributed by atoms with Crippen LogP contribution in [0, 0.1) is 0 Å². The summed E-state index contributed by atoms with van der Waals surface area (Å²) in [6.07, 6.45) is 1.17. The van der Waals surface area contributed by atoms with Crippen molar-refractivity contribution in [2.24, 2.45) is 0 Å². The largest absolute Gasteiger partial charge is 0.247 e. The lowest BCUT2D eigenvalue weighted by molar-refractivity contribution is 0.290. The maximum absolute atomic E-state index is 13.3. The summed E-state index contributed by atoms with van der Waals surface area (Å²) in [7, 11) is 0. The van der Waals surface area contributed by atoms with Crippen molar-refractivity contribution in [3.63, 3.8) is 0 Å². The topological polar surface area (TPSA) is 0 Å². The molecule has 0 N–H and O–H groups in total. The molecule has 0 aliphatic heterocycles. The van der Waals surface area contributed by atoms with E-state index in [4.69, 9.17) is 11.6 Å². The second kappa shape index (κ2) is 2.98. The lowest BCUT2D eigenvalue weighted by Gasteiger charge is -2.16. The van der Waals surface area contributed by atoms with Crippen LogP contribution in [0.2, 0.25) is 5.02 Å². The number of rotatable bonds is 2. The van der Waals surface area contributed by atoms with Gasteiger partial charge in [0.25, 0.3) is 0 Å². The van der Waals surface area contributed by atoms with Gasteiger partial charge < -0.3 is 0 Å². The molecule has 70 valence electrons. The molecule has 0 saturated heterocycles. The van der Waals surface area contributed by atoms with Crippen LogP contribution in [0.1, 0.15) is 25.3 Å². The molecular formula is C11H12ClF. The average molecular weight is 199 g/mol. The third kappa shape index (κ3) is 1.46. The zero-order valence-corrected chi connectivity index (χ0v) is 8.31. The number of alkyl halides is 1. The van der Waals surface area contributed by atoms with Crippen LogP contribution < -0.4 is 0 Å². The van der Waals surface area contributed by atoms with E-state index in [0.717, 1.165) is 18.4 Å². The SMILES string of the molecule is CC(F)C1(c2ccc(Cl)cc2)CC1. The van der Waals surface area contributed by atoms with E-state index < -0.39 is 6.17 Å². The Labute approximate surface area is 82.7 Å². The lowest BCUT2D eigenvalue weighted by atomic mass is 9.92. The van der Waals surface area contributed by atoms with Crippen molar-refractivity contribution >= 4 is 11.6 Å². The molecule has 0 spiro atoms. The molecule has 1 aromatic rings. The standard InChI is InChI=1S/C11H12ClF/c1-8(13)11(6-7-11)9-2-4-10(12)5-3-9/h2-5,8H,6-7H2,1H3. The van der Waals surface area contributed by atoms with Crippen molar-refractivity contribution < 1.29 is 4.39 Å². The number of benzene rings is 1. The summed E-state index contributed by atoms with van der Waals surface area (Å²) in [5, 5.41) is 0.714. The van der Waals surface area contributed by atoms with Gasteiger partial charge >= 0.3 is 0 Å². The summed E-state index contributed by atoms with van der Waals surface area (Å²) in [5.74, 6) is 0. The highest BCUT2D eigenvalue weighted by atomic mass is 35.5. The van der Waals surface area contributed by atoms with Crippen molar-refractivity contribution in [3.8, 4) is 0 Å². The van der Waals surface area contributed by atoms with Crippen LogP contribution in [-0.4, -0.2) is 6.17 Å². The van der Waals surface area contributed by atoms with Crippen LogP contribution >= 0.6 is 11.6 Å². The number of hydrogen-bond donors (Lipinski definition) is 0. The predicted octanol–water partition coefficient (Wildman–Crippen LogP) is 3.73. The van der Waals surface area contributed by atoms with Crippen molar-refractivity contribution in [2.75, 3.05) is 0 Å². The molecule has 0 radical (unpaired) electrons. The Kier molecular flexibility index (Phi) is 2.07. The van der Waals surface area contributed by atoms with E-state index >= 15 is 0 Å². The molecule has 1 aliphatic carbocycles. The average Bonchev–Trinajstić information content (AvgIpc) is 2.86. The second-order valence-electron chi connectivity index (χ2n) is 3.78. The van der Waals surface area contributed by atoms with E-state index in [1.807, 2.05) is 24.3 Å². The molecule has 1 aliphatic rings. The van der Waals surface area contributed by atoms with Gasteiger partial charge in [-0.25, -0.2) is 4.39 Å². The van der Waals surface area contributed by atoms with Crippen molar-refractivity contribution in [1.82, 2.24) is 0 Å². The van der Waals surface area contributed by atoms with Gasteiger partial charge in [0.2, 0.25) is 0 Å². The molecule has 0 bridgehead atoms. The maximum atomic E-state index is 13.3. The Morgan fingerprint density at radius 1 is 1.31 bits per heavy atom. The van der Waals surface area contributed by atoms with Gasteiger partial charge in [-0.3, -0.25) is 0 Å². The summed E-state index contributed by atoms with van der Waals surface area (Å²) >= 11 is 5.77. The van der Waals surface area contributed by atoms with E-state index in [-0.39, 0.29) is 5.41 Å². The van der Waals surface area contributed by atoms with Gasteiger partial charge in [0.05, 0.1) is 0 Å². The first-order chi connectivity index (χ1) is 6.15. The summed E-state index contributed by atoms with van der Waals surface area (Å²) in [4.78, 5) is 0. The predicted molar refractivity (Wildman–Crippen MR) is 52.9 cm³/mol. The van der Waals surface area contributed by atoms with Gasteiger partial charge in [-0.1, -0.05) is 23.7 Å². The smallest absolute Gasteiger partial charge is 0.107 e. The van der Waals surface area contributed by atoms with Gasteiger partial charge in [0, 0.05) is 10.4 Å². The monoisotopic (exact) mass is 198 g/mol. The fraction of sp³-hybridized carbons (Fsp3) is 0.455. The van der Waals surface area contributed by atoms with Crippen LogP contribution in [0.15, 0.2) is 24.3 Å². The first-order valence-electron chi connectivity index (χ1n) is 4.55. The third-order valence-electron chi connectivity index (χ3n) is 2.97. The summed E-state index contributed by atoms with van der Waals surface area (Å²) < 4.78 is 13.3. The second-order valence-corrected chi connectivity index (χ2v) is 4.22. The van der Waals surface area contributed by atoms with Gasteiger partial charge in [-0.15, -0.1) is 0 Å². The fourth-order valence-electron chi connectivity index (χ4n) is 1.83. The van der Waals surface area contributed by atoms with Crippen LogP contribution in [0.5, 0.6) is 0 Å². The Morgan fingerprint density at radius 3 is 2.23 bits per heavy atom. The fourth-order valence-corrected chi connectivity index (χ4v) is 1.96. The van der Waals surface area contributed by atoms with E-state index in [0.29, 0.717) is 5.02 Å². The van der Waals surface area contributed by atoms with E-state index in [9.17, 15) is 4.39 Å². The molecular weight excluding hydrogens is 187 g/mol. The highest BCUT2D eigenvalue weighted by Crippen LogP contribution is 2.52. The zero-order chi connectivity index (χ0) is 9.47. The summed E-state index contributed by atoms with van der Waals surface area (Å²) in [6, 6.07) is 7.54. The normalized spacial score (nSPS) is 21.2. The van der Waals surface area contributed by atoms with Gasteiger partial charge in [-0.05, 0) is 37.5 Å². The van der Waals surface area contributed by atoms with Crippen LogP contribution in [-0.2, 0) is 5.41 Å². The molecule has 0 heterocycles. The van der Waals surface area contributed by atoms with Crippen molar-refractivity contribution in [3.05, 3.63) is 34.9 Å². The third-order valence-corrected chi connectivity index (χ3v) is 3.22. The first kappa shape index (κ1) is 9.01. The van der Waals surface area contributed by atoms with Crippen molar-refractivity contribution in [1.29, 1.82) is 0 Å². The van der Waals surface area contributed by atoms with Gasteiger partial charge in [0.15, 0.2) is 0 Å². The minimum Gasteiger partial charge on any atom is -0.247 e. The Balaban J connectivity index is 2.31. The van der Waals surface area contributed by atoms with E-state index in [1.165, 1.54) is 0 Å². The van der Waals surface area contributed by atoms with Gasteiger partial charge in [0.1, 0.15) is 6.17 Å². The lowest BCUT2D eigenvalue weighted by Crippen LogP contribution is -2.18. The maximum Gasteiger partial charge on any atom is 0.107 e. The first-order valence-corrected chi connectivity index (χ1v) is 4.93. The molecule has 13 heavy (non-hydrogen) atoms. The zero-order valence-electron chi connectivity index (χ0n) is 7.56. The molecule has 2 rings (SSSR count). The molecule has 1 fully saturated rings. The Hall–Kier alpha value is -0.560. The highest BCUT2D eigenvalue weighted by molar-refractivity contribution is 6.30. The summed E-state index contributed by atoms with van der Waals surface area (Å²) in [5.41, 5.74) is 0.900. The molecule has 1 unspecified atom stereocenters. The quantitative estimate of drug-likeness (QED) is 0.680. The molecule has 1 aromatic carbocycles. The molecule has 0 nitrogen and oxygen atoms in total. The van der Waals surface area contributed by atoms with Crippen molar-refractivity contribution in [2.45, 2.75) is 31.4 Å². The minimum atomic E-state index is -0.756. The highest BCUT2D eigenvalue weighted by Gasteiger charge is 2.49. The molecule has 2 heteroatoms. The molecule has 1 atom stereocenters. The Bertz CT molecular complexity index is 298. The summed E-state index contributed by atoms with van der Waals surface area (Å²) in [6.45, 7) is 1.64. The van der Waals surface area contributed by atoms with Gasteiger partial charge in [-0.2, -0.15) is 0 Å². The molecule has 0 aromatic heterocycles. The van der Waals surface area contributed by atoms with Crippen LogP contribution in [0.4, 0.5) is 4.39 Å². The van der Waals surface area contributed by atoms with Crippen LogP contribution in [0.25, 0.3) is 0 Å². The number of hydrogen-bond acceptors (Lipinski definition) is 0. The Morgan fingerprint density at radius 2 is 1.85 bits per heavy atom. The molecule has 1 saturated carbocycles. The molecule has 0 amide bonds. The minimum absolute atomic E-state index is 0.190. The van der Waals surface area contributed by atoms with Crippen LogP contribution in [0.3, 0.4) is 0 Å².